The molecular formula is C110H126N2O12S16. The number of nitrogens with zero attached hydrogens (tertiary/aromatic N) is 2. The second-order valence-corrected chi connectivity index (χ2v) is 58.3. The lowest BCUT2D eigenvalue weighted by Gasteiger charge is -2.32. The van der Waals surface area contributed by atoms with Gasteiger partial charge in [-0.05, 0) is 178 Å². The van der Waals surface area contributed by atoms with Crippen molar-refractivity contribution in [2.45, 2.75) is 235 Å². The van der Waals surface area contributed by atoms with Crippen molar-refractivity contribution in [3.05, 3.63) is 217 Å². The summed E-state index contributed by atoms with van der Waals surface area (Å²) in [5.74, 6) is 3.02. The third kappa shape index (κ3) is 26.2. The van der Waals surface area contributed by atoms with Gasteiger partial charge < -0.3 is 28.4 Å². The molecule has 9 aromatic carbocycles. The number of carbonyl (C=O) groups excluding carboxylic acids is 6. The van der Waals surface area contributed by atoms with Gasteiger partial charge in [0.2, 0.25) is 0 Å². The second-order valence-electron chi connectivity index (χ2n) is 39.0. The van der Waals surface area contributed by atoms with E-state index in [2.05, 4.69) is 123 Å². The Morgan fingerprint density at radius 3 is 0.721 bits per heavy atom. The molecular weight excluding hydrogens is 2050 g/mol. The largest absolute Gasteiger partial charge is 0.463 e. The van der Waals surface area contributed by atoms with E-state index in [4.69, 9.17) is 28.4 Å². The number of hydrogen-bond acceptors (Lipinski definition) is 28. The van der Waals surface area contributed by atoms with Crippen molar-refractivity contribution in [2.24, 2.45) is 0 Å². The van der Waals surface area contributed by atoms with Gasteiger partial charge >= 0.3 is 11.9 Å². The van der Waals surface area contributed by atoms with Crippen molar-refractivity contribution in [3.63, 3.8) is 0 Å². The molecule has 6 heterocycles. The van der Waals surface area contributed by atoms with Crippen LogP contribution in [-0.2, 0) is 40.7 Å². The Morgan fingerprint density at radius 1 is 0.286 bits per heavy atom. The lowest BCUT2D eigenvalue weighted by atomic mass is 9.80. The normalized spacial score (nSPS) is 15.6. The zero-order valence-electron chi connectivity index (χ0n) is 83.3. The van der Waals surface area contributed by atoms with Crippen molar-refractivity contribution >= 4 is 267 Å². The topological polar surface area (TPSA) is 164 Å². The van der Waals surface area contributed by atoms with Crippen LogP contribution in [0.1, 0.15) is 277 Å². The lowest BCUT2D eigenvalue weighted by Crippen LogP contribution is -2.42. The minimum atomic E-state index is -0.667. The number of imide groups is 2. The number of thioether (sulfide) groups is 16. The van der Waals surface area contributed by atoms with Gasteiger partial charge in [0.15, 0.2) is 0 Å². The molecule has 6 aliphatic rings. The van der Waals surface area contributed by atoms with Gasteiger partial charge in [-0.2, -0.15) is 0 Å². The van der Waals surface area contributed by atoms with E-state index in [1.165, 1.54) is 160 Å². The molecule has 140 heavy (non-hydrogen) atoms. The maximum Gasteiger partial charge on any atom is 0.316 e. The number of esters is 2. The van der Waals surface area contributed by atoms with Gasteiger partial charge in [-0.1, -0.05) is 330 Å². The molecule has 4 amide bonds. The van der Waals surface area contributed by atoms with Crippen LogP contribution in [0.3, 0.4) is 0 Å². The Labute approximate surface area is 895 Å². The van der Waals surface area contributed by atoms with E-state index in [9.17, 15) is 9.59 Å². The molecule has 30 heteroatoms. The van der Waals surface area contributed by atoms with Crippen LogP contribution in [0, 0.1) is 0 Å². The number of rotatable bonds is 46. The van der Waals surface area contributed by atoms with Crippen LogP contribution in [0.5, 0.6) is 46.0 Å². The van der Waals surface area contributed by atoms with Crippen LogP contribution in [0.15, 0.2) is 172 Å². The van der Waals surface area contributed by atoms with Crippen molar-refractivity contribution in [1.82, 2.24) is 9.80 Å². The van der Waals surface area contributed by atoms with E-state index >= 15 is 19.2 Å². The van der Waals surface area contributed by atoms with Gasteiger partial charge in [-0.3, -0.25) is 38.6 Å². The fraction of sp³-hybridized carbons (Fsp3) is 0.436. The lowest BCUT2D eigenvalue weighted by molar-refractivity contribution is -0.141. The molecule has 0 spiro atoms. The van der Waals surface area contributed by atoms with E-state index in [-0.39, 0.29) is 115 Å². The highest BCUT2D eigenvalue weighted by Gasteiger charge is 2.44. The summed E-state index contributed by atoms with van der Waals surface area (Å²) < 4.78 is 56.9. The van der Waals surface area contributed by atoms with Gasteiger partial charge in [0.1, 0.15) is 59.2 Å². The molecule has 14 nitrogen and oxygen atoms in total. The Hall–Kier alpha value is -5.26. The van der Waals surface area contributed by atoms with Gasteiger partial charge in [-0.15, -0.1) is 94.1 Å². The van der Waals surface area contributed by atoms with Gasteiger partial charge in [0.05, 0.1) is 97.7 Å². The number of fused-ring (bicyclic) bond motifs is 2. The van der Waals surface area contributed by atoms with E-state index in [0.717, 1.165) is 72.0 Å². The Balaban J connectivity index is 0.809. The molecule has 0 unspecified atom stereocenters. The van der Waals surface area contributed by atoms with Crippen molar-refractivity contribution in [3.8, 4) is 46.0 Å². The molecule has 15 rings (SSSR count). The van der Waals surface area contributed by atoms with Crippen molar-refractivity contribution in [1.29, 1.82) is 0 Å². The number of carbonyl (C=O) groups is 6. The fourth-order valence-corrected chi connectivity index (χ4v) is 39.8. The average Bonchev–Trinajstić information content (AvgIpc) is 0.712. The maximum absolute atomic E-state index is 16.3. The Kier molecular flexibility index (Phi) is 38.3. The highest BCUT2D eigenvalue weighted by Crippen LogP contribution is 2.69. The minimum absolute atomic E-state index is 0.000369. The summed E-state index contributed by atoms with van der Waals surface area (Å²) in [6, 6.07) is 37.9. The standard InChI is InChI=1S/C110H126N2O12S16/c1-19-23-27-31-55-127-99-100(128-56-32-28-24-20-2)138-105(137-99)103-133-95(125-17)97(135-103)131-63-81(113)119-53-51-111-91(115)73-59-77(121-69-43-35-65(36-44-69)107(5,6)7)85-87-79(123-71-47-39-67(40-48-71)109(11,12)13)61-75-84-76(94(118)112(93(75)117)52-54-120-82(114)64-132-98-96(126-18)134-104(136-98)106-139-101(129-57-33-29-25-21-3)102(140-106)130-58-34-30-26-22-4)62-80(124-72-49-41-68(42-50-72)110(14,15)16)88(90(84)87)86-78(60-74(92(111)116)83(73)89(85)86)122-70-45-37-66(38-46-70)108(8,9)10/h35-50,59-62H,19-34,51-58,63-64H2,1-18H3. The maximum atomic E-state index is 16.3. The van der Waals surface area contributed by atoms with E-state index in [1.807, 2.05) is 191 Å². The Bertz CT molecular complexity index is 5650. The first-order chi connectivity index (χ1) is 67.2. The first-order valence-corrected chi connectivity index (χ1v) is 63.3. The molecule has 0 aromatic heterocycles. The summed E-state index contributed by atoms with van der Waals surface area (Å²) in [6.45, 7) is 33.5. The highest BCUT2D eigenvalue weighted by molar-refractivity contribution is 8.46. The number of benzene rings is 9. The SMILES string of the molecule is CCCCCCSC1=C(SCCCCCC)SC(=C2SC(SC)=C(SCC(=O)OCCN3C(=O)c4cc(Oc5ccc(C(C)(C)C)cc5)c5c6c(Oc7ccc(C(C)(C)C)cc7)cc7c8c(cc(Oc9ccc(C(C)(C)C)cc9)c(c9c(Oc%10ccc(C(C)(C)C)cc%10)cc(c4c59)C3=O)c86)C(=O)N(CCOC(=O)CSC3=C(SC)SC(=C4SC(SCCCCCC)=C(SCCCCCC)S4)S3)C7=O)S2)S1. The first kappa shape index (κ1) is 109. The van der Waals surface area contributed by atoms with Crippen LogP contribution in [0.4, 0.5) is 0 Å². The molecule has 6 aliphatic heterocycles. The van der Waals surface area contributed by atoms with Gasteiger partial charge in [-0.25, -0.2) is 0 Å². The molecule has 0 N–H and O–H groups in total. The molecule has 0 aliphatic carbocycles. The monoisotopic (exact) mass is 2180 g/mol. The quantitative estimate of drug-likeness (QED) is 0.0116. The zero-order valence-corrected chi connectivity index (χ0v) is 96.3. The second kappa shape index (κ2) is 49.3. The van der Waals surface area contributed by atoms with Crippen molar-refractivity contribution < 1.29 is 57.2 Å². The van der Waals surface area contributed by atoms with E-state index < -0.39 is 35.6 Å². The Morgan fingerprint density at radius 2 is 0.507 bits per heavy atom. The average molecular weight is 2180 g/mol. The molecule has 0 saturated carbocycles. The van der Waals surface area contributed by atoms with Crippen LogP contribution >= 0.6 is 188 Å². The first-order valence-electron chi connectivity index (χ1n) is 48.4. The molecule has 9 aromatic rings. The highest BCUT2D eigenvalue weighted by atomic mass is 32.3. The van der Waals surface area contributed by atoms with Crippen LogP contribution in [0.25, 0.3) is 43.1 Å². The number of amides is 4. The summed E-state index contributed by atoms with van der Waals surface area (Å²) >= 11 is 28.8. The number of hydrogen-bond donors (Lipinski definition) is 0. The van der Waals surface area contributed by atoms with Crippen LogP contribution in [-0.4, -0.2) is 119 Å². The number of ether oxygens (including phenoxy) is 6. The summed E-state index contributed by atoms with van der Waals surface area (Å²) in [4.78, 5) is 96.3. The molecule has 0 atom stereocenters. The fourth-order valence-electron chi connectivity index (χ4n) is 16.7. The van der Waals surface area contributed by atoms with E-state index in [1.54, 1.807) is 94.8 Å². The number of unbranched alkanes of at least 4 members (excludes halogenated alkanes) is 12. The summed E-state index contributed by atoms with van der Waals surface area (Å²) in [5, 5.41) is 2.68. The minimum Gasteiger partial charge on any atom is -0.463 e. The predicted octanol–water partition coefficient (Wildman–Crippen LogP) is 36.5. The van der Waals surface area contributed by atoms with Gasteiger partial charge in [0, 0.05) is 43.1 Å². The predicted molar refractivity (Wildman–Crippen MR) is 622 cm³/mol. The molecule has 0 radical (unpaired) electrons. The summed E-state index contributed by atoms with van der Waals surface area (Å²) in [6.07, 6.45) is 23.8. The summed E-state index contributed by atoms with van der Waals surface area (Å²) in [5.41, 5.74) is 3.58. The molecule has 744 valence electrons. The molecule has 0 fully saturated rings. The van der Waals surface area contributed by atoms with Crippen LogP contribution < -0.4 is 18.9 Å². The third-order valence-corrected chi connectivity index (χ3v) is 47.6. The molecule has 0 saturated heterocycles. The van der Waals surface area contributed by atoms with E-state index in [0.29, 0.717) is 55.3 Å². The van der Waals surface area contributed by atoms with Crippen molar-refractivity contribution in [2.75, 3.05) is 73.3 Å². The van der Waals surface area contributed by atoms with Crippen LogP contribution in [0.2, 0.25) is 0 Å². The van der Waals surface area contributed by atoms with Gasteiger partial charge in [0.25, 0.3) is 23.6 Å². The molecule has 0 bridgehead atoms. The smallest absolute Gasteiger partial charge is 0.316 e. The summed E-state index contributed by atoms with van der Waals surface area (Å²) in [7, 11) is 0. The third-order valence-electron chi connectivity index (χ3n) is 24.4. The zero-order chi connectivity index (χ0) is 99.5.